The Morgan fingerprint density at radius 3 is 2.07 bits per heavy atom. The monoisotopic (exact) mass is 209 g/mol. The smallest absolute Gasteiger partial charge is 0.00461 e. The van der Waals surface area contributed by atoms with Crippen LogP contribution in [-0.2, 0) is 0 Å². The third-order valence-corrected chi connectivity index (χ3v) is 4.73. The predicted molar refractivity (Wildman–Crippen MR) is 65.7 cm³/mol. The minimum atomic E-state index is 0.857. The molecule has 0 amide bonds. The topological polar surface area (TPSA) is 26.0 Å². The highest BCUT2D eigenvalue weighted by Gasteiger charge is 2.26. The molecule has 0 aromatic carbocycles. The van der Waals surface area contributed by atoms with Crippen LogP contribution >= 0.6 is 0 Å². The van der Waals surface area contributed by atoms with Crippen LogP contribution in [0.3, 0.4) is 0 Å². The van der Waals surface area contributed by atoms with Crippen molar-refractivity contribution in [2.45, 2.75) is 64.2 Å². The molecular formula is C14H27N. The number of hydrogen-bond donors (Lipinski definition) is 1. The molecule has 0 radical (unpaired) electrons. The Labute approximate surface area is 94.8 Å². The first-order valence-electron chi connectivity index (χ1n) is 7.10. The van der Waals surface area contributed by atoms with Gasteiger partial charge in [0.25, 0.3) is 0 Å². The highest BCUT2D eigenvalue weighted by atomic mass is 14.6. The van der Waals surface area contributed by atoms with Crippen LogP contribution < -0.4 is 5.73 Å². The van der Waals surface area contributed by atoms with Gasteiger partial charge in [-0.15, -0.1) is 0 Å². The van der Waals surface area contributed by atoms with Crippen molar-refractivity contribution in [3.05, 3.63) is 0 Å². The van der Waals surface area contributed by atoms with Crippen LogP contribution in [0.15, 0.2) is 0 Å². The third-order valence-electron chi connectivity index (χ3n) is 4.73. The molecule has 15 heavy (non-hydrogen) atoms. The van der Waals surface area contributed by atoms with Gasteiger partial charge in [-0.3, -0.25) is 0 Å². The first kappa shape index (κ1) is 11.4. The summed E-state index contributed by atoms with van der Waals surface area (Å²) >= 11 is 0. The summed E-state index contributed by atoms with van der Waals surface area (Å²) in [5.74, 6) is 2.86. The first-order valence-corrected chi connectivity index (χ1v) is 7.10. The molecule has 0 bridgehead atoms. The molecule has 0 aliphatic heterocycles. The summed E-state index contributed by atoms with van der Waals surface area (Å²) in [6, 6.07) is 0. The van der Waals surface area contributed by atoms with E-state index < -0.39 is 0 Å². The van der Waals surface area contributed by atoms with Crippen LogP contribution in [0, 0.1) is 17.8 Å². The second-order valence-corrected chi connectivity index (χ2v) is 5.78. The average Bonchev–Trinajstić information content (AvgIpc) is 2.81. The van der Waals surface area contributed by atoms with Crippen LogP contribution in [0.4, 0.5) is 0 Å². The molecule has 0 aromatic heterocycles. The molecule has 88 valence electrons. The SMILES string of the molecule is NCC(CC1CCCCC1)C1CCCC1. The Morgan fingerprint density at radius 2 is 1.47 bits per heavy atom. The molecule has 1 unspecified atom stereocenters. The first-order chi connectivity index (χ1) is 7.40. The van der Waals surface area contributed by atoms with Gasteiger partial charge in [0, 0.05) is 0 Å². The molecule has 2 aliphatic rings. The van der Waals surface area contributed by atoms with Gasteiger partial charge < -0.3 is 5.73 Å². The summed E-state index contributed by atoms with van der Waals surface area (Å²) in [5.41, 5.74) is 5.97. The third kappa shape index (κ3) is 3.21. The Kier molecular flexibility index (Phi) is 4.49. The van der Waals surface area contributed by atoms with E-state index in [2.05, 4.69) is 0 Å². The van der Waals surface area contributed by atoms with Crippen molar-refractivity contribution in [1.82, 2.24) is 0 Å². The molecule has 0 aromatic rings. The molecule has 2 saturated carbocycles. The summed E-state index contributed by atoms with van der Waals surface area (Å²) in [6.07, 6.45) is 14.7. The predicted octanol–water partition coefficient (Wildman–Crippen LogP) is 3.72. The molecule has 0 spiro atoms. The molecule has 1 heteroatoms. The quantitative estimate of drug-likeness (QED) is 0.750. The highest BCUT2D eigenvalue weighted by molar-refractivity contribution is 4.79. The van der Waals surface area contributed by atoms with E-state index in [0.717, 1.165) is 24.3 Å². The van der Waals surface area contributed by atoms with Crippen LogP contribution in [-0.4, -0.2) is 6.54 Å². The lowest BCUT2D eigenvalue weighted by Gasteiger charge is -2.29. The summed E-state index contributed by atoms with van der Waals surface area (Å²) in [7, 11) is 0. The van der Waals surface area contributed by atoms with E-state index in [1.807, 2.05) is 0 Å². The van der Waals surface area contributed by atoms with Gasteiger partial charge >= 0.3 is 0 Å². The van der Waals surface area contributed by atoms with Crippen LogP contribution in [0.2, 0.25) is 0 Å². The minimum Gasteiger partial charge on any atom is -0.330 e. The van der Waals surface area contributed by atoms with Gasteiger partial charge in [-0.05, 0) is 30.7 Å². The molecule has 2 aliphatic carbocycles. The van der Waals surface area contributed by atoms with Crippen molar-refractivity contribution < 1.29 is 0 Å². The van der Waals surface area contributed by atoms with E-state index in [1.165, 1.54) is 64.2 Å². The van der Waals surface area contributed by atoms with Crippen molar-refractivity contribution in [3.63, 3.8) is 0 Å². The maximum Gasteiger partial charge on any atom is -0.00461 e. The zero-order chi connectivity index (χ0) is 10.5. The van der Waals surface area contributed by atoms with Crippen molar-refractivity contribution >= 4 is 0 Å². The zero-order valence-corrected chi connectivity index (χ0v) is 10.1. The summed E-state index contributed by atoms with van der Waals surface area (Å²) < 4.78 is 0. The normalized spacial score (nSPS) is 27.0. The Morgan fingerprint density at radius 1 is 0.867 bits per heavy atom. The van der Waals surface area contributed by atoms with Crippen molar-refractivity contribution in [3.8, 4) is 0 Å². The zero-order valence-electron chi connectivity index (χ0n) is 10.1. The second-order valence-electron chi connectivity index (χ2n) is 5.78. The number of rotatable bonds is 4. The Balaban J connectivity index is 1.78. The Bertz CT molecular complexity index is 166. The van der Waals surface area contributed by atoms with Crippen molar-refractivity contribution in [1.29, 1.82) is 0 Å². The molecule has 1 atom stereocenters. The fourth-order valence-electron chi connectivity index (χ4n) is 3.76. The maximum absolute atomic E-state index is 5.97. The van der Waals surface area contributed by atoms with Crippen molar-refractivity contribution in [2.75, 3.05) is 6.54 Å². The van der Waals surface area contributed by atoms with E-state index in [0.29, 0.717) is 0 Å². The van der Waals surface area contributed by atoms with E-state index in [4.69, 9.17) is 5.73 Å². The average molecular weight is 209 g/mol. The van der Waals surface area contributed by atoms with Gasteiger partial charge in [0.2, 0.25) is 0 Å². The lowest BCUT2D eigenvalue weighted by atomic mass is 9.78. The highest BCUT2D eigenvalue weighted by Crippen LogP contribution is 2.37. The van der Waals surface area contributed by atoms with Gasteiger partial charge in [0.15, 0.2) is 0 Å². The fourth-order valence-corrected chi connectivity index (χ4v) is 3.76. The lowest BCUT2D eigenvalue weighted by molar-refractivity contribution is 0.235. The van der Waals surface area contributed by atoms with Crippen LogP contribution in [0.1, 0.15) is 64.2 Å². The fraction of sp³-hybridized carbons (Fsp3) is 1.00. The van der Waals surface area contributed by atoms with Gasteiger partial charge in [-0.25, -0.2) is 0 Å². The van der Waals surface area contributed by atoms with Crippen LogP contribution in [0.25, 0.3) is 0 Å². The molecule has 2 fully saturated rings. The van der Waals surface area contributed by atoms with Gasteiger partial charge in [0.1, 0.15) is 0 Å². The molecule has 2 rings (SSSR count). The minimum absolute atomic E-state index is 0.857. The summed E-state index contributed by atoms with van der Waals surface area (Å²) in [4.78, 5) is 0. The molecule has 0 heterocycles. The lowest BCUT2D eigenvalue weighted by Crippen LogP contribution is -2.25. The second kappa shape index (κ2) is 5.89. The Hall–Kier alpha value is -0.0400. The van der Waals surface area contributed by atoms with Gasteiger partial charge in [-0.1, -0.05) is 57.8 Å². The van der Waals surface area contributed by atoms with E-state index in [1.54, 1.807) is 0 Å². The number of nitrogens with two attached hydrogens (primary N) is 1. The molecular weight excluding hydrogens is 182 g/mol. The maximum atomic E-state index is 5.97. The summed E-state index contributed by atoms with van der Waals surface area (Å²) in [6.45, 7) is 0.946. The van der Waals surface area contributed by atoms with Gasteiger partial charge in [0.05, 0.1) is 0 Å². The van der Waals surface area contributed by atoms with E-state index in [-0.39, 0.29) is 0 Å². The standard InChI is InChI=1S/C14H27N/c15-11-14(13-8-4-5-9-13)10-12-6-2-1-3-7-12/h12-14H,1-11,15H2. The number of hydrogen-bond acceptors (Lipinski definition) is 1. The van der Waals surface area contributed by atoms with Crippen molar-refractivity contribution in [2.24, 2.45) is 23.5 Å². The van der Waals surface area contributed by atoms with Crippen LogP contribution in [0.5, 0.6) is 0 Å². The molecule has 1 nitrogen and oxygen atoms in total. The van der Waals surface area contributed by atoms with E-state index in [9.17, 15) is 0 Å². The molecule has 2 N–H and O–H groups in total. The molecule has 0 saturated heterocycles. The van der Waals surface area contributed by atoms with Gasteiger partial charge in [-0.2, -0.15) is 0 Å². The summed E-state index contributed by atoms with van der Waals surface area (Å²) in [5, 5.41) is 0. The van der Waals surface area contributed by atoms with E-state index >= 15 is 0 Å². The largest absolute Gasteiger partial charge is 0.330 e.